The average Bonchev–Trinajstić information content (AvgIpc) is 2.35. The fourth-order valence-corrected chi connectivity index (χ4v) is 1.29. The zero-order valence-electron chi connectivity index (χ0n) is 11.0. The highest BCUT2D eigenvalue weighted by Crippen LogP contribution is 2.28. The van der Waals surface area contributed by atoms with Gasteiger partial charge < -0.3 is 10.1 Å². The number of hydrogen-bond donors (Lipinski definition) is 1. The van der Waals surface area contributed by atoms with Gasteiger partial charge in [-0.25, -0.2) is 0 Å². The van der Waals surface area contributed by atoms with E-state index >= 15 is 0 Å². The Hall–Kier alpha value is -2.05. The lowest BCUT2D eigenvalue weighted by atomic mass is 10.2. The van der Waals surface area contributed by atoms with Gasteiger partial charge in [-0.15, -0.1) is 0 Å². The second kappa shape index (κ2) is 6.40. The summed E-state index contributed by atoms with van der Waals surface area (Å²) in [5.74, 6) is -1.87. The van der Waals surface area contributed by atoms with Crippen LogP contribution in [0.3, 0.4) is 0 Å². The largest absolute Gasteiger partial charge is 0.491 e. The second-order valence-corrected chi connectivity index (χ2v) is 4.53. The molecule has 1 amide bonds. The molecule has 0 saturated carbocycles. The Kier molecular flexibility index (Phi) is 5.12. The SMILES string of the molecule is CC(C)COc1ccc(C=O)cc1NC(=O)C(F)(F)F. The minimum atomic E-state index is -5.01. The summed E-state index contributed by atoms with van der Waals surface area (Å²) in [4.78, 5) is 21.6. The molecule has 110 valence electrons. The molecule has 0 spiro atoms. The van der Waals surface area contributed by atoms with Crippen LogP contribution in [0.4, 0.5) is 18.9 Å². The molecule has 0 unspecified atom stereocenters. The molecule has 0 saturated heterocycles. The van der Waals surface area contributed by atoms with Gasteiger partial charge in [-0.05, 0) is 24.1 Å². The molecule has 0 aromatic heterocycles. The highest BCUT2D eigenvalue weighted by Gasteiger charge is 2.39. The molecule has 0 bridgehead atoms. The molecule has 0 aliphatic rings. The molecule has 4 nitrogen and oxygen atoms in total. The number of anilines is 1. The van der Waals surface area contributed by atoms with Crippen LogP contribution in [0.25, 0.3) is 0 Å². The lowest BCUT2D eigenvalue weighted by Crippen LogP contribution is -2.30. The molecule has 1 aromatic carbocycles. The molecule has 1 rings (SSSR count). The first-order valence-electron chi connectivity index (χ1n) is 5.84. The molecule has 0 fully saturated rings. The highest BCUT2D eigenvalue weighted by atomic mass is 19.4. The van der Waals surface area contributed by atoms with Crippen LogP contribution in [0.2, 0.25) is 0 Å². The van der Waals surface area contributed by atoms with Crippen LogP contribution in [0.1, 0.15) is 24.2 Å². The number of nitrogens with one attached hydrogen (secondary N) is 1. The van der Waals surface area contributed by atoms with Crippen molar-refractivity contribution in [3.05, 3.63) is 23.8 Å². The summed E-state index contributed by atoms with van der Waals surface area (Å²) < 4.78 is 42.0. The van der Waals surface area contributed by atoms with E-state index in [9.17, 15) is 22.8 Å². The Morgan fingerprint density at radius 2 is 2.05 bits per heavy atom. The van der Waals surface area contributed by atoms with Gasteiger partial charge in [0.1, 0.15) is 12.0 Å². The van der Waals surface area contributed by atoms with Crippen molar-refractivity contribution in [2.45, 2.75) is 20.0 Å². The van der Waals surface area contributed by atoms with Crippen molar-refractivity contribution in [2.75, 3.05) is 11.9 Å². The van der Waals surface area contributed by atoms with Crippen LogP contribution in [-0.2, 0) is 4.79 Å². The first-order chi connectivity index (χ1) is 9.24. The van der Waals surface area contributed by atoms with Crippen molar-refractivity contribution in [1.82, 2.24) is 0 Å². The van der Waals surface area contributed by atoms with Gasteiger partial charge >= 0.3 is 12.1 Å². The van der Waals surface area contributed by atoms with Crippen molar-refractivity contribution in [3.8, 4) is 5.75 Å². The summed E-state index contributed by atoms with van der Waals surface area (Å²) in [5.41, 5.74) is -0.0445. The number of halogens is 3. The van der Waals surface area contributed by atoms with Gasteiger partial charge in [0, 0.05) is 5.56 Å². The molecule has 1 aromatic rings. The lowest BCUT2D eigenvalue weighted by Gasteiger charge is -2.15. The van der Waals surface area contributed by atoms with Crippen LogP contribution in [0.15, 0.2) is 18.2 Å². The number of amides is 1. The van der Waals surface area contributed by atoms with Gasteiger partial charge in [-0.3, -0.25) is 9.59 Å². The quantitative estimate of drug-likeness (QED) is 0.848. The van der Waals surface area contributed by atoms with Gasteiger partial charge in [0.05, 0.1) is 12.3 Å². The number of alkyl halides is 3. The van der Waals surface area contributed by atoms with E-state index in [1.54, 1.807) is 5.32 Å². The Morgan fingerprint density at radius 1 is 1.40 bits per heavy atom. The number of benzene rings is 1. The molecule has 0 heterocycles. The van der Waals surface area contributed by atoms with E-state index in [0.29, 0.717) is 6.29 Å². The Morgan fingerprint density at radius 3 is 2.55 bits per heavy atom. The fourth-order valence-electron chi connectivity index (χ4n) is 1.29. The number of rotatable bonds is 5. The van der Waals surface area contributed by atoms with E-state index < -0.39 is 12.1 Å². The van der Waals surface area contributed by atoms with Crippen molar-refractivity contribution < 1.29 is 27.5 Å². The number of ether oxygens (including phenoxy) is 1. The fraction of sp³-hybridized carbons (Fsp3) is 0.385. The summed E-state index contributed by atoms with van der Waals surface area (Å²) in [6, 6.07) is 3.87. The van der Waals surface area contributed by atoms with Crippen molar-refractivity contribution in [1.29, 1.82) is 0 Å². The normalized spacial score (nSPS) is 11.3. The summed E-state index contributed by atoms with van der Waals surface area (Å²) in [7, 11) is 0. The van der Waals surface area contributed by atoms with Gasteiger partial charge in [0.25, 0.3) is 0 Å². The van der Waals surface area contributed by atoms with E-state index in [1.807, 2.05) is 13.8 Å². The van der Waals surface area contributed by atoms with Gasteiger partial charge in [0.15, 0.2) is 0 Å². The predicted octanol–water partition coefficient (Wildman–Crippen LogP) is 3.03. The van der Waals surface area contributed by atoms with Crippen LogP contribution in [0, 0.1) is 5.92 Å². The third-order valence-corrected chi connectivity index (χ3v) is 2.22. The molecular formula is C13H14F3NO3. The van der Waals surface area contributed by atoms with Crippen molar-refractivity contribution >= 4 is 17.9 Å². The summed E-state index contributed by atoms with van der Waals surface area (Å²) in [6.45, 7) is 4.01. The van der Waals surface area contributed by atoms with E-state index in [4.69, 9.17) is 4.74 Å². The van der Waals surface area contributed by atoms with Gasteiger partial charge in [-0.2, -0.15) is 13.2 Å². The number of hydrogen-bond acceptors (Lipinski definition) is 3. The minimum absolute atomic E-state index is 0.0851. The molecule has 20 heavy (non-hydrogen) atoms. The number of aldehydes is 1. The predicted molar refractivity (Wildman–Crippen MR) is 66.8 cm³/mol. The lowest BCUT2D eigenvalue weighted by molar-refractivity contribution is -0.167. The maximum atomic E-state index is 12.2. The first-order valence-corrected chi connectivity index (χ1v) is 5.84. The smallest absolute Gasteiger partial charge is 0.471 e. The Bertz CT molecular complexity index is 498. The molecule has 0 aliphatic carbocycles. The second-order valence-electron chi connectivity index (χ2n) is 4.53. The first kappa shape index (κ1) is 16.0. The molecule has 7 heteroatoms. The Labute approximate surface area is 113 Å². The highest BCUT2D eigenvalue weighted by molar-refractivity contribution is 5.97. The molecule has 0 atom stereocenters. The van der Waals surface area contributed by atoms with Crippen LogP contribution in [-0.4, -0.2) is 25.0 Å². The number of carbonyl (C=O) groups excluding carboxylic acids is 2. The van der Waals surface area contributed by atoms with E-state index in [1.165, 1.54) is 12.1 Å². The summed E-state index contributed by atoms with van der Waals surface area (Å²) in [6.07, 6.45) is -4.54. The third kappa shape index (κ3) is 4.56. The molecule has 1 N–H and O–H groups in total. The standard InChI is InChI=1S/C13H14F3NO3/c1-8(2)7-20-11-4-3-9(6-18)5-10(11)17-12(19)13(14,15)16/h3-6,8H,7H2,1-2H3,(H,17,19). The molecular weight excluding hydrogens is 275 g/mol. The Balaban J connectivity index is 3.00. The zero-order valence-corrected chi connectivity index (χ0v) is 11.0. The van der Waals surface area contributed by atoms with E-state index in [2.05, 4.69) is 0 Å². The molecule has 0 radical (unpaired) electrons. The van der Waals surface area contributed by atoms with E-state index in [0.717, 1.165) is 6.07 Å². The minimum Gasteiger partial charge on any atom is -0.491 e. The molecule has 0 aliphatic heterocycles. The van der Waals surface area contributed by atoms with Gasteiger partial charge in [-0.1, -0.05) is 13.8 Å². The number of carbonyl (C=O) groups is 2. The third-order valence-electron chi connectivity index (χ3n) is 2.22. The summed E-state index contributed by atoms with van der Waals surface area (Å²) >= 11 is 0. The monoisotopic (exact) mass is 289 g/mol. The van der Waals surface area contributed by atoms with Crippen LogP contribution < -0.4 is 10.1 Å². The van der Waals surface area contributed by atoms with Crippen LogP contribution in [0.5, 0.6) is 5.75 Å². The zero-order chi connectivity index (χ0) is 15.3. The topological polar surface area (TPSA) is 55.4 Å². The maximum absolute atomic E-state index is 12.2. The van der Waals surface area contributed by atoms with Crippen LogP contribution >= 0.6 is 0 Å². The van der Waals surface area contributed by atoms with E-state index in [-0.39, 0.29) is 29.5 Å². The average molecular weight is 289 g/mol. The van der Waals surface area contributed by atoms with Gasteiger partial charge in [0.2, 0.25) is 0 Å². The summed E-state index contributed by atoms with van der Waals surface area (Å²) in [5, 5.41) is 1.70. The maximum Gasteiger partial charge on any atom is 0.471 e. The van der Waals surface area contributed by atoms with Crippen molar-refractivity contribution in [2.24, 2.45) is 5.92 Å². The van der Waals surface area contributed by atoms with Crippen molar-refractivity contribution in [3.63, 3.8) is 0 Å².